The Labute approximate surface area is 129 Å². The summed E-state index contributed by atoms with van der Waals surface area (Å²) in [7, 11) is 1.61. The smallest absolute Gasteiger partial charge is 0.356 e. The van der Waals surface area contributed by atoms with Crippen LogP contribution in [0.3, 0.4) is 0 Å². The number of aryl methyl sites for hydroxylation is 1. The van der Waals surface area contributed by atoms with E-state index in [0.29, 0.717) is 24.8 Å². The van der Waals surface area contributed by atoms with Crippen LogP contribution in [0.2, 0.25) is 0 Å². The third-order valence-electron chi connectivity index (χ3n) is 3.11. The van der Waals surface area contributed by atoms with E-state index in [2.05, 4.69) is 24.3 Å². The summed E-state index contributed by atoms with van der Waals surface area (Å²) >= 11 is 0. The first kappa shape index (κ1) is 15.9. The standard InChI is InChI=1S/C16H21N3O3/c1-11(2)10-22-13-6-4-5-12(7-13)8-17-14-9-18-19(3)15(14)16(20)21/h4-7,9,11,17H,8,10H2,1-3H3,(H,20,21). The maximum absolute atomic E-state index is 11.2. The Morgan fingerprint density at radius 2 is 2.23 bits per heavy atom. The van der Waals surface area contributed by atoms with Gasteiger partial charge in [0.15, 0.2) is 5.69 Å². The lowest BCUT2D eigenvalue weighted by molar-refractivity contribution is 0.0686. The molecular formula is C16H21N3O3. The average Bonchev–Trinajstić information content (AvgIpc) is 2.84. The van der Waals surface area contributed by atoms with Gasteiger partial charge < -0.3 is 15.2 Å². The fourth-order valence-electron chi connectivity index (χ4n) is 2.03. The van der Waals surface area contributed by atoms with Crippen molar-refractivity contribution in [2.45, 2.75) is 20.4 Å². The van der Waals surface area contributed by atoms with Gasteiger partial charge in [-0.2, -0.15) is 5.10 Å². The van der Waals surface area contributed by atoms with E-state index in [1.165, 1.54) is 10.9 Å². The molecule has 0 amide bonds. The first-order valence-electron chi connectivity index (χ1n) is 7.18. The van der Waals surface area contributed by atoms with Crippen molar-refractivity contribution in [3.05, 3.63) is 41.7 Å². The fourth-order valence-corrected chi connectivity index (χ4v) is 2.03. The minimum Gasteiger partial charge on any atom is -0.493 e. The van der Waals surface area contributed by atoms with Crippen LogP contribution in [-0.2, 0) is 13.6 Å². The maximum Gasteiger partial charge on any atom is 0.356 e. The number of carboxylic acids is 1. The molecule has 0 bridgehead atoms. The van der Waals surface area contributed by atoms with E-state index >= 15 is 0 Å². The van der Waals surface area contributed by atoms with Gasteiger partial charge in [-0.25, -0.2) is 4.79 Å². The molecule has 0 unspecified atom stereocenters. The third kappa shape index (κ3) is 4.00. The topological polar surface area (TPSA) is 76.4 Å². The van der Waals surface area contributed by atoms with Gasteiger partial charge in [-0.3, -0.25) is 4.68 Å². The van der Waals surface area contributed by atoms with Gasteiger partial charge in [-0.15, -0.1) is 0 Å². The van der Waals surface area contributed by atoms with Crippen LogP contribution in [0.15, 0.2) is 30.5 Å². The highest BCUT2D eigenvalue weighted by Gasteiger charge is 2.15. The number of carbonyl (C=O) groups is 1. The summed E-state index contributed by atoms with van der Waals surface area (Å²) in [5.74, 6) is 0.282. The Morgan fingerprint density at radius 3 is 2.91 bits per heavy atom. The lowest BCUT2D eigenvalue weighted by atomic mass is 10.2. The van der Waals surface area contributed by atoms with Gasteiger partial charge in [0, 0.05) is 13.6 Å². The molecule has 0 aliphatic carbocycles. The molecule has 0 fully saturated rings. The average molecular weight is 303 g/mol. The summed E-state index contributed by atoms with van der Waals surface area (Å²) in [6.45, 7) is 5.37. The number of benzene rings is 1. The van der Waals surface area contributed by atoms with Crippen molar-refractivity contribution in [2.75, 3.05) is 11.9 Å². The van der Waals surface area contributed by atoms with Crippen LogP contribution >= 0.6 is 0 Å². The van der Waals surface area contributed by atoms with Crippen LogP contribution in [0.25, 0.3) is 0 Å². The number of nitrogens with zero attached hydrogens (tertiary/aromatic N) is 2. The largest absolute Gasteiger partial charge is 0.493 e. The summed E-state index contributed by atoms with van der Waals surface area (Å²) in [6.07, 6.45) is 1.52. The second-order valence-electron chi connectivity index (χ2n) is 5.54. The SMILES string of the molecule is CC(C)COc1cccc(CNc2cnn(C)c2C(=O)O)c1. The van der Waals surface area contributed by atoms with Crippen molar-refractivity contribution >= 4 is 11.7 Å². The van der Waals surface area contributed by atoms with Gasteiger partial charge >= 0.3 is 5.97 Å². The molecule has 0 saturated heterocycles. The number of nitrogens with one attached hydrogen (secondary N) is 1. The van der Waals surface area contributed by atoms with Gasteiger partial charge in [0.1, 0.15) is 5.75 Å². The van der Waals surface area contributed by atoms with Gasteiger partial charge in [0.05, 0.1) is 18.5 Å². The molecule has 2 N–H and O–H groups in total. The molecule has 2 rings (SSSR count). The number of aromatic carboxylic acids is 1. The number of anilines is 1. The normalized spacial score (nSPS) is 10.7. The van der Waals surface area contributed by atoms with E-state index in [9.17, 15) is 9.90 Å². The Bertz CT molecular complexity index is 650. The quantitative estimate of drug-likeness (QED) is 0.822. The fraction of sp³-hybridized carbons (Fsp3) is 0.375. The first-order valence-corrected chi connectivity index (χ1v) is 7.18. The summed E-state index contributed by atoms with van der Waals surface area (Å²) in [6, 6.07) is 7.75. The van der Waals surface area contributed by atoms with E-state index in [1.807, 2.05) is 24.3 Å². The molecule has 0 aliphatic heterocycles. The highest BCUT2D eigenvalue weighted by atomic mass is 16.5. The van der Waals surface area contributed by atoms with Crippen LogP contribution in [-0.4, -0.2) is 27.5 Å². The summed E-state index contributed by atoms with van der Waals surface area (Å²) in [5.41, 5.74) is 1.66. The highest BCUT2D eigenvalue weighted by Crippen LogP contribution is 2.18. The van der Waals surface area contributed by atoms with Gasteiger partial charge in [-0.1, -0.05) is 26.0 Å². The predicted octanol–water partition coefficient (Wildman–Crippen LogP) is 2.77. The van der Waals surface area contributed by atoms with E-state index < -0.39 is 5.97 Å². The van der Waals surface area contributed by atoms with Crippen molar-refractivity contribution < 1.29 is 14.6 Å². The Kier molecular flexibility index (Phi) is 5.04. The van der Waals surface area contributed by atoms with E-state index in [4.69, 9.17) is 4.74 Å². The zero-order valence-corrected chi connectivity index (χ0v) is 13.0. The zero-order valence-electron chi connectivity index (χ0n) is 13.0. The molecule has 6 heteroatoms. The number of ether oxygens (including phenoxy) is 1. The van der Waals surface area contributed by atoms with Crippen molar-refractivity contribution in [3.63, 3.8) is 0 Å². The summed E-state index contributed by atoms with van der Waals surface area (Å²) in [5, 5.41) is 16.2. The van der Waals surface area contributed by atoms with E-state index in [1.54, 1.807) is 7.05 Å². The van der Waals surface area contributed by atoms with Gasteiger partial charge in [0.2, 0.25) is 0 Å². The molecule has 0 saturated carbocycles. The molecular weight excluding hydrogens is 282 g/mol. The summed E-state index contributed by atoms with van der Waals surface area (Å²) < 4.78 is 7.03. The Hall–Kier alpha value is -2.50. The summed E-state index contributed by atoms with van der Waals surface area (Å²) in [4.78, 5) is 11.2. The highest BCUT2D eigenvalue weighted by molar-refractivity contribution is 5.92. The second-order valence-corrected chi connectivity index (χ2v) is 5.54. The molecule has 2 aromatic rings. The maximum atomic E-state index is 11.2. The van der Waals surface area contributed by atoms with E-state index in [0.717, 1.165) is 11.3 Å². The number of aromatic nitrogens is 2. The third-order valence-corrected chi connectivity index (χ3v) is 3.11. The van der Waals surface area contributed by atoms with Crippen LogP contribution < -0.4 is 10.1 Å². The minimum absolute atomic E-state index is 0.146. The molecule has 1 aromatic heterocycles. The number of rotatable bonds is 7. The molecule has 0 spiro atoms. The number of hydrogen-bond donors (Lipinski definition) is 2. The molecule has 0 radical (unpaired) electrons. The molecule has 22 heavy (non-hydrogen) atoms. The molecule has 0 aliphatic rings. The molecule has 6 nitrogen and oxygen atoms in total. The predicted molar refractivity (Wildman–Crippen MR) is 84.3 cm³/mol. The van der Waals surface area contributed by atoms with Crippen LogP contribution in [0, 0.1) is 5.92 Å². The Morgan fingerprint density at radius 1 is 1.45 bits per heavy atom. The Balaban J connectivity index is 2.03. The van der Waals surface area contributed by atoms with Gasteiger partial charge in [-0.05, 0) is 23.6 Å². The first-order chi connectivity index (χ1) is 10.5. The molecule has 118 valence electrons. The zero-order chi connectivity index (χ0) is 16.1. The lowest BCUT2D eigenvalue weighted by Gasteiger charge is -2.11. The minimum atomic E-state index is -1.00. The monoisotopic (exact) mass is 303 g/mol. The molecule has 1 aromatic carbocycles. The van der Waals surface area contributed by atoms with Crippen molar-refractivity contribution in [1.29, 1.82) is 0 Å². The number of carboxylic acid groups (broad SMARTS) is 1. The second kappa shape index (κ2) is 6.98. The van der Waals surface area contributed by atoms with Crippen molar-refractivity contribution in [2.24, 2.45) is 13.0 Å². The van der Waals surface area contributed by atoms with Crippen LogP contribution in [0.4, 0.5) is 5.69 Å². The van der Waals surface area contributed by atoms with Crippen molar-refractivity contribution in [1.82, 2.24) is 9.78 Å². The lowest BCUT2D eigenvalue weighted by Crippen LogP contribution is -2.09. The van der Waals surface area contributed by atoms with E-state index in [-0.39, 0.29) is 5.69 Å². The van der Waals surface area contributed by atoms with Crippen molar-refractivity contribution in [3.8, 4) is 5.75 Å². The van der Waals surface area contributed by atoms with Crippen LogP contribution in [0.5, 0.6) is 5.75 Å². The van der Waals surface area contributed by atoms with Crippen LogP contribution in [0.1, 0.15) is 29.9 Å². The molecule has 0 atom stereocenters. The number of hydrogen-bond acceptors (Lipinski definition) is 4. The molecule has 1 heterocycles. The van der Waals surface area contributed by atoms with Gasteiger partial charge in [0.25, 0.3) is 0 Å².